The first-order chi connectivity index (χ1) is 9.57. The highest BCUT2D eigenvalue weighted by atomic mass is 35.5. The zero-order valence-electron chi connectivity index (χ0n) is 13.0. The van der Waals surface area contributed by atoms with E-state index >= 15 is 0 Å². The van der Waals surface area contributed by atoms with Crippen molar-refractivity contribution >= 4 is 18.3 Å². The van der Waals surface area contributed by atoms with Crippen molar-refractivity contribution in [3.8, 4) is 17.2 Å². The molecule has 0 saturated carbocycles. The van der Waals surface area contributed by atoms with Gasteiger partial charge in [0.15, 0.2) is 11.5 Å². The molecule has 0 aromatic heterocycles. The van der Waals surface area contributed by atoms with Gasteiger partial charge in [0.25, 0.3) is 0 Å². The highest BCUT2D eigenvalue weighted by Crippen LogP contribution is 2.39. The lowest BCUT2D eigenvalue weighted by Gasteiger charge is -2.18. The normalized spacial score (nSPS) is 11.1. The Morgan fingerprint density at radius 3 is 2.05 bits per heavy atom. The molecule has 0 aliphatic heterocycles. The summed E-state index contributed by atoms with van der Waals surface area (Å²) in [7, 11) is 6.40. The smallest absolute Gasteiger partial charge is 0.234 e. The van der Waals surface area contributed by atoms with Crippen LogP contribution in [-0.2, 0) is 4.79 Å². The summed E-state index contributed by atoms with van der Waals surface area (Å²) in [5, 5.41) is 5.69. The minimum Gasteiger partial charge on any atom is -0.493 e. The molecular weight excluding hydrogens is 296 g/mol. The predicted molar refractivity (Wildman–Crippen MR) is 83.8 cm³/mol. The van der Waals surface area contributed by atoms with Crippen LogP contribution in [0.15, 0.2) is 12.1 Å². The van der Waals surface area contributed by atoms with Gasteiger partial charge in [-0.05, 0) is 31.7 Å². The molecule has 1 aromatic rings. The summed E-state index contributed by atoms with van der Waals surface area (Å²) >= 11 is 0. The largest absolute Gasteiger partial charge is 0.493 e. The second kappa shape index (κ2) is 9.31. The van der Waals surface area contributed by atoms with Crippen LogP contribution in [0.4, 0.5) is 0 Å². The number of hydrogen-bond acceptors (Lipinski definition) is 5. The Bertz CT molecular complexity index is 443. The van der Waals surface area contributed by atoms with Crippen LogP contribution in [0.5, 0.6) is 17.2 Å². The SMILES string of the molecule is CNCC(=O)NC(C)c1cc(OC)c(OC)c(OC)c1.Cl. The molecule has 1 atom stereocenters. The van der Waals surface area contributed by atoms with E-state index in [9.17, 15) is 4.79 Å². The molecule has 0 aliphatic carbocycles. The third-order valence-electron chi connectivity index (χ3n) is 2.90. The number of carbonyl (C=O) groups is 1. The molecule has 21 heavy (non-hydrogen) atoms. The van der Waals surface area contributed by atoms with E-state index in [4.69, 9.17) is 14.2 Å². The Labute approximate surface area is 131 Å². The highest BCUT2D eigenvalue weighted by molar-refractivity contribution is 5.85. The fourth-order valence-corrected chi connectivity index (χ4v) is 1.89. The van der Waals surface area contributed by atoms with Crippen molar-refractivity contribution < 1.29 is 19.0 Å². The number of ether oxygens (including phenoxy) is 3. The van der Waals surface area contributed by atoms with Crippen molar-refractivity contribution in [1.82, 2.24) is 10.6 Å². The van der Waals surface area contributed by atoms with Gasteiger partial charge in [0, 0.05) is 0 Å². The summed E-state index contributed by atoms with van der Waals surface area (Å²) in [5.74, 6) is 1.59. The zero-order valence-corrected chi connectivity index (χ0v) is 13.8. The van der Waals surface area contributed by atoms with Crippen molar-refractivity contribution in [3.05, 3.63) is 17.7 Å². The molecule has 6 nitrogen and oxygen atoms in total. The van der Waals surface area contributed by atoms with Crippen molar-refractivity contribution in [3.63, 3.8) is 0 Å². The Kier molecular flexibility index (Phi) is 8.57. The lowest BCUT2D eigenvalue weighted by molar-refractivity contribution is -0.120. The average molecular weight is 319 g/mol. The summed E-state index contributed by atoms with van der Waals surface area (Å²) in [4.78, 5) is 11.6. The maximum absolute atomic E-state index is 11.6. The number of nitrogens with one attached hydrogen (secondary N) is 2. The maximum Gasteiger partial charge on any atom is 0.234 e. The summed E-state index contributed by atoms with van der Waals surface area (Å²) in [6.07, 6.45) is 0. The molecule has 0 heterocycles. The number of amides is 1. The molecule has 7 heteroatoms. The number of rotatable bonds is 7. The van der Waals surface area contributed by atoms with E-state index < -0.39 is 0 Å². The van der Waals surface area contributed by atoms with Gasteiger partial charge in [-0.15, -0.1) is 12.4 Å². The van der Waals surface area contributed by atoms with Crippen LogP contribution in [-0.4, -0.2) is 40.8 Å². The van der Waals surface area contributed by atoms with E-state index in [-0.39, 0.29) is 30.9 Å². The number of benzene rings is 1. The van der Waals surface area contributed by atoms with E-state index in [2.05, 4.69) is 10.6 Å². The van der Waals surface area contributed by atoms with Crippen LogP contribution < -0.4 is 24.8 Å². The molecule has 1 unspecified atom stereocenters. The van der Waals surface area contributed by atoms with Crippen LogP contribution in [0.2, 0.25) is 0 Å². The summed E-state index contributed by atoms with van der Waals surface area (Å²) in [5.41, 5.74) is 0.879. The fraction of sp³-hybridized carbons (Fsp3) is 0.500. The van der Waals surface area contributed by atoms with Crippen LogP contribution in [0.25, 0.3) is 0 Å². The Morgan fingerprint density at radius 2 is 1.67 bits per heavy atom. The molecule has 0 bridgehead atoms. The van der Waals surface area contributed by atoms with Crippen LogP contribution in [0, 0.1) is 0 Å². The van der Waals surface area contributed by atoms with E-state index in [1.54, 1.807) is 28.4 Å². The molecule has 1 aromatic carbocycles. The standard InChI is InChI=1S/C14H22N2O4.ClH/c1-9(16-13(17)8-15-2)10-6-11(18-3)14(20-5)12(7-10)19-4;/h6-7,9,15H,8H2,1-5H3,(H,16,17);1H. The number of carbonyl (C=O) groups excluding carboxylic acids is 1. The second-order valence-corrected chi connectivity index (χ2v) is 4.28. The quantitative estimate of drug-likeness (QED) is 0.798. The van der Waals surface area contributed by atoms with Gasteiger partial charge in [0.1, 0.15) is 0 Å². The van der Waals surface area contributed by atoms with Crippen LogP contribution in [0.1, 0.15) is 18.5 Å². The molecule has 0 saturated heterocycles. The Balaban J connectivity index is 0.00000400. The summed E-state index contributed by atoms with van der Waals surface area (Å²) in [6.45, 7) is 2.17. The molecular formula is C14H23ClN2O4. The van der Waals surface area contributed by atoms with E-state index in [1.165, 1.54) is 0 Å². The van der Waals surface area contributed by atoms with Crippen molar-refractivity contribution in [2.24, 2.45) is 0 Å². The van der Waals surface area contributed by atoms with Gasteiger partial charge in [-0.2, -0.15) is 0 Å². The maximum atomic E-state index is 11.6. The molecule has 2 N–H and O–H groups in total. The minimum absolute atomic E-state index is 0. The number of halogens is 1. The molecule has 0 fully saturated rings. The zero-order chi connectivity index (χ0) is 15.1. The molecule has 1 rings (SSSR count). The van der Waals surface area contributed by atoms with Gasteiger partial charge in [-0.25, -0.2) is 0 Å². The van der Waals surface area contributed by atoms with Crippen molar-refractivity contribution in [2.75, 3.05) is 34.9 Å². The minimum atomic E-state index is -0.162. The monoisotopic (exact) mass is 318 g/mol. The first kappa shape index (κ1) is 19.3. The molecule has 1 amide bonds. The van der Waals surface area contributed by atoms with Gasteiger partial charge in [-0.1, -0.05) is 0 Å². The third-order valence-corrected chi connectivity index (χ3v) is 2.90. The van der Waals surface area contributed by atoms with Gasteiger partial charge in [-0.3, -0.25) is 4.79 Å². The topological polar surface area (TPSA) is 68.8 Å². The number of likely N-dealkylation sites (N-methyl/N-ethyl adjacent to an activating group) is 1. The van der Waals surface area contributed by atoms with Gasteiger partial charge in [0.2, 0.25) is 11.7 Å². The summed E-state index contributed by atoms with van der Waals surface area (Å²) in [6, 6.07) is 3.49. The Morgan fingerprint density at radius 1 is 1.14 bits per heavy atom. The van der Waals surface area contributed by atoms with E-state index in [0.29, 0.717) is 17.2 Å². The average Bonchev–Trinajstić information content (AvgIpc) is 2.45. The molecule has 0 aliphatic rings. The lowest BCUT2D eigenvalue weighted by Crippen LogP contribution is -2.33. The number of methoxy groups -OCH3 is 3. The van der Waals surface area contributed by atoms with Crippen molar-refractivity contribution in [2.45, 2.75) is 13.0 Å². The Hall–Kier alpha value is -1.66. The molecule has 120 valence electrons. The van der Waals surface area contributed by atoms with Gasteiger partial charge < -0.3 is 24.8 Å². The van der Waals surface area contributed by atoms with Crippen LogP contribution in [0.3, 0.4) is 0 Å². The van der Waals surface area contributed by atoms with Gasteiger partial charge in [0.05, 0.1) is 33.9 Å². The van der Waals surface area contributed by atoms with E-state index in [0.717, 1.165) is 5.56 Å². The predicted octanol–water partition coefficient (Wildman–Crippen LogP) is 1.53. The van der Waals surface area contributed by atoms with Crippen LogP contribution >= 0.6 is 12.4 Å². The third kappa shape index (κ3) is 4.99. The molecule has 0 spiro atoms. The first-order valence-corrected chi connectivity index (χ1v) is 6.31. The van der Waals surface area contributed by atoms with Gasteiger partial charge >= 0.3 is 0 Å². The second-order valence-electron chi connectivity index (χ2n) is 4.28. The first-order valence-electron chi connectivity index (χ1n) is 6.31. The number of hydrogen-bond donors (Lipinski definition) is 2. The highest BCUT2D eigenvalue weighted by Gasteiger charge is 2.17. The van der Waals surface area contributed by atoms with Crippen molar-refractivity contribution in [1.29, 1.82) is 0 Å². The fourth-order valence-electron chi connectivity index (χ4n) is 1.89. The summed E-state index contributed by atoms with van der Waals surface area (Å²) < 4.78 is 15.8. The van der Waals surface area contributed by atoms with E-state index in [1.807, 2.05) is 19.1 Å². The lowest BCUT2D eigenvalue weighted by atomic mass is 10.1. The molecule has 0 radical (unpaired) electrons.